The summed E-state index contributed by atoms with van der Waals surface area (Å²) in [5.74, 6) is 0.619. The third-order valence-electron chi connectivity index (χ3n) is 4.55. The number of carbonyl (C=O) groups excluding carboxylic acids is 2. The van der Waals surface area contributed by atoms with Gasteiger partial charge in [0.25, 0.3) is 5.91 Å². The highest BCUT2D eigenvalue weighted by atomic mass is 32.2. The van der Waals surface area contributed by atoms with Crippen molar-refractivity contribution in [3.05, 3.63) is 71.0 Å². The van der Waals surface area contributed by atoms with Crippen molar-refractivity contribution in [3.63, 3.8) is 0 Å². The molecule has 3 rings (SSSR count). The van der Waals surface area contributed by atoms with Crippen LogP contribution in [0.2, 0.25) is 0 Å². The average molecular weight is 424 g/mol. The van der Waals surface area contributed by atoms with Crippen LogP contribution in [-0.4, -0.2) is 32.3 Å². The summed E-state index contributed by atoms with van der Waals surface area (Å²) >= 11 is 1.32. The van der Waals surface area contributed by atoms with Gasteiger partial charge in [-0.3, -0.25) is 9.59 Å². The molecule has 0 unspecified atom stereocenters. The van der Waals surface area contributed by atoms with Gasteiger partial charge in [-0.2, -0.15) is 0 Å². The number of hydrogen-bond acceptors (Lipinski definition) is 5. The Kier molecular flexibility index (Phi) is 7.24. The SMILES string of the molecule is CCn1c(CNC(=O)c2cccc(C)c2)nnc1SCC(=O)Nc1ccccc1C. The van der Waals surface area contributed by atoms with Crippen molar-refractivity contribution >= 4 is 29.3 Å². The van der Waals surface area contributed by atoms with Crippen LogP contribution in [0.15, 0.2) is 53.7 Å². The van der Waals surface area contributed by atoms with E-state index in [0.717, 1.165) is 16.8 Å². The van der Waals surface area contributed by atoms with Gasteiger partial charge in [0, 0.05) is 17.8 Å². The Morgan fingerprint density at radius 3 is 2.60 bits per heavy atom. The third-order valence-corrected chi connectivity index (χ3v) is 5.52. The van der Waals surface area contributed by atoms with Crippen molar-refractivity contribution in [1.82, 2.24) is 20.1 Å². The molecule has 7 nitrogen and oxygen atoms in total. The van der Waals surface area contributed by atoms with E-state index >= 15 is 0 Å². The molecule has 0 bridgehead atoms. The molecule has 0 aliphatic carbocycles. The molecule has 0 atom stereocenters. The Morgan fingerprint density at radius 2 is 1.87 bits per heavy atom. The van der Waals surface area contributed by atoms with E-state index in [0.29, 0.717) is 23.1 Å². The van der Waals surface area contributed by atoms with E-state index in [-0.39, 0.29) is 24.1 Å². The Hall–Kier alpha value is -3.13. The van der Waals surface area contributed by atoms with Crippen molar-refractivity contribution in [2.24, 2.45) is 0 Å². The molecule has 30 heavy (non-hydrogen) atoms. The van der Waals surface area contributed by atoms with Gasteiger partial charge in [-0.05, 0) is 44.5 Å². The minimum atomic E-state index is -0.156. The van der Waals surface area contributed by atoms with E-state index in [4.69, 9.17) is 0 Å². The standard InChI is InChI=1S/C22H25N5O2S/c1-4-27-19(13-23-21(29)17-10-7-8-15(2)12-17)25-26-22(27)30-14-20(28)24-18-11-6-5-9-16(18)3/h5-12H,4,13-14H2,1-3H3,(H,23,29)(H,24,28). The maximum Gasteiger partial charge on any atom is 0.251 e. The van der Waals surface area contributed by atoms with Crippen LogP contribution >= 0.6 is 11.8 Å². The molecule has 156 valence electrons. The van der Waals surface area contributed by atoms with Crippen LogP contribution in [0.1, 0.15) is 34.2 Å². The zero-order valence-electron chi connectivity index (χ0n) is 17.3. The molecule has 3 aromatic rings. The molecular weight excluding hydrogens is 398 g/mol. The largest absolute Gasteiger partial charge is 0.345 e. The highest BCUT2D eigenvalue weighted by Gasteiger charge is 2.15. The van der Waals surface area contributed by atoms with E-state index in [1.807, 2.05) is 67.8 Å². The predicted molar refractivity (Wildman–Crippen MR) is 119 cm³/mol. The number of aryl methyl sites for hydroxylation is 2. The Morgan fingerprint density at radius 1 is 1.07 bits per heavy atom. The maximum atomic E-state index is 12.4. The summed E-state index contributed by atoms with van der Waals surface area (Å²) in [6, 6.07) is 15.1. The molecule has 0 aliphatic rings. The lowest BCUT2D eigenvalue weighted by Crippen LogP contribution is -2.25. The second kappa shape index (κ2) is 10.1. The molecule has 2 N–H and O–H groups in total. The van der Waals surface area contributed by atoms with Gasteiger partial charge in [0.1, 0.15) is 0 Å². The number of para-hydroxylation sites is 1. The fraction of sp³-hybridized carbons (Fsp3) is 0.273. The van der Waals surface area contributed by atoms with E-state index < -0.39 is 0 Å². The van der Waals surface area contributed by atoms with E-state index in [2.05, 4.69) is 20.8 Å². The molecule has 2 amide bonds. The summed E-state index contributed by atoms with van der Waals surface area (Å²) in [5.41, 5.74) is 3.46. The topological polar surface area (TPSA) is 88.9 Å². The zero-order valence-corrected chi connectivity index (χ0v) is 18.1. The first kappa shape index (κ1) is 21.6. The van der Waals surface area contributed by atoms with Gasteiger partial charge >= 0.3 is 0 Å². The zero-order chi connectivity index (χ0) is 21.5. The van der Waals surface area contributed by atoms with Gasteiger partial charge in [0.05, 0.1) is 12.3 Å². The highest BCUT2D eigenvalue weighted by Crippen LogP contribution is 2.19. The van der Waals surface area contributed by atoms with Crippen LogP contribution in [0.3, 0.4) is 0 Å². The molecule has 0 saturated carbocycles. The van der Waals surface area contributed by atoms with Gasteiger partial charge < -0.3 is 15.2 Å². The monoisotopic (exact) mass is 423 g/mol. The van der Waals surface area contributed by atoms with Crippen molar-refractivity contribution in [1.29, 1.82) is 0 Å². The fourth-order valence-electron chi connectivity index (χ4n) is 2.95. The maximum absolute atomic E-state index is 12.4. The molecule has 1 aromatic heterocycles. The lowest BCUT2D eigenvalue weighted by Gasteiger charge is -2.10. The number of benzene rings is 2. The summed E-state index contributed by atoms with van der Waals surface area (Å²) in [6.45, 7) is 6.79. The summed E-state index contributed by atoms with van der Waals surface area (Å²) < 4.78 is 1.90. The van der Waals surface area contributed by atoms with E-state index in [1.54, 1.807) is 6.07 Å². The van der Waals surface area contributed by atoms with Crippen LogP contribution in [0.5, 0.6) is 0 Å². The molecule has 0 radical (unpaired) electrons. The number of anilines is 1. The van der Waals surface area contributed by atoms with Crippen molar-refractivity contribution in [2.45, 2.75) is 39.0 Å². The quantitative estimate of drug-likeness (QED) is 0.541. The number of rotatable bonds is 8. The minimum absolute atomic E-state index is 0.103. The van der Waals surface area contributed by atoms with Gasteiger partial charge in [0.15, 0.2) is 11.0 Å². The van der Waals surface area contributed by atoms with Crippen LogP contribution < -0.4 is 10.6 Å². The lowest BCUT2D eigenvalue weighted by atomic mass is 10.1. The molecule has 2 aromatic carbocycles. The first-order valence-corrected chi connectivity index (χ1v) is 10.7. The Bertz CT molecular complexity index is 1050. The number of amides is 2. The molecular formula is C22H25N5O2S. The van der Waals surface area contributed by atoms with E-state index in [9.17, 15) is 9.59 Å². The molecule has 0 fully saturated rings. The summed E-state index contributed by atoms with van der Waals surface area (Å²) in [4.78, 5) is 24.7. The van der Waals surface area contributed by atoms with E-state index in [1.165, 1.54) is 11.8 Å². The van der Waals surface area contributed by atoms with Crippen molar-refractivity contribution in [2.75, 3.05) is 11.1 Å². The molecule has 0 saturated heterocycles. The number of nitrogens with one attached hydrogen (secondary N) is 2. The van der Waals surface area contributed by atoms with Crippen LogP contribution in [0.25, 0.3) is 0 Å². The normalized spacial score (nSPS) is 10.6. The average Bonchev–Trinajstić information content (AvgIpc) is 3.14. The lowest BCUT2D eigenvalue weighted by molar-refractivity contribution is -0.113. The first-order valence-electron chi connectivity index (χ1n) is 9.73. The molecule has 8 heteroatoms. The number of hydrogen-bond donors (Lipinski definition) is 2. The Labute approximate surface area is 180 Å². The smallest absolute Gasteiger partial charge is 0.251 e. The summed E-state index contributed by atoms with van der Waals surface area (Å²) in [7, 11) is 0. The summed E-state index contributed by atoms with van der Waals surface area (Å²) in [6.07, 6.45) is 0. The van der Waals surface area contributed by atoms with Crippen LogP contribution in [0, 0.1) is 13.8 Å². The second-order valence-electron chi connectivity index (χ2n) is 6.85. The van der Waals surface area contributed by atoms with Crippen molar-refractivity contribution < 1.29 is 9.59 Å². The summed E-state index contributed by atoms with van der Waals surface area (Å²) in [5, 5.41) is 14.8. The molecule has 1 heterocycles. The Balaban J connectivity index is 1.58. The second-order valence-corrected chi connectivity index (χ2v) is 7.79. The van der Waals surface area contributed by atoms with Gasteiger partial charge in [0.2, 0.25) is 5.91 Å². The number of nitrogens with zero attached hydrogens (tertiary/aromatic N) is 3. The predicted octanol–water partition coefficient (Wildman–Crippen LogP) is 3.58. The van der Waals surface area contributed by atoms with Gasteiger partial charge in [-0.25, -0.2) is 0 Å². The highest BCUT2D eigenvalue weighted by molar-refractivity contribution is 7.99. The fourth-order valence-corrected chi connectivity index (χ4v) is 3.77. The number of thioether (sulfide) groups is 1. The number of aromatic nitrogens is 3. The minimum Gasteiger partial charge on any atom is -0.345 e. The molecule has 0 spiro atoms. The molecule has 0 aliphatic heterocycles. The van der Waals surface area contributed by atoms with Gasteiger partial charge in [-0.1, -0.05) is 47.7 Å². The van der Waals surface area contributed by atoms with Crippen molar-refractivity contribution in [3.8, 4) is 0 Å². The first-order chi connectivity index (χ1) is 14.5. The van der Waals surface area contributed by atoms with Gasteiger partial charge in [-0.15, -0.1) is 10.2 Å². The van der Waals surface area contributed by atoms with Crippen LogP contribution in [0.4, 0.5) is 5.69 Å². The van der Waals surface area contributed by atoms with Crippen LogP contribution in [-0.2, 0) is 17.9 Å². The number of carbonyl (C=O) groups is 2. The third kappa shape index (κ3) is 5.48.